The molecule has 1 aromatic rings. The highest BCUT2D eigenvalue weighted by Crippen LogP contribution is 2.18. The van der Waals surface area contributed by atoms with E-state index in [4.69, 9.17) is 17.0 Å². The summed E-state index contributed by atoms with van der Waals surface area (Å²) in [5, 5.41) is 4.10. The molecule has 0 radical (unpaired) electrons. The zero-order valence-corrected chi connectivity index (χ0v) is 13.5. The van der Waals surface area contributed by atoms with Gasteiger partial charge in [-0.15, -0.1) is 0 Å². The van der Waals surface area contributed by atoms with Gasteiger partial charge in [-0.2, -0.15) is 0 Å². The maximum Gasteiger partial charge on any atom is 0.173 e. The van der Waals surface area contributed by atoms with E-state index in [-0.39, 0.29) is 12.2 Å². The quantitative estimate of drug-likeness (QED) is 0.842. The Morgan fingerprint density at radius 1 is 1.20 bits per heavy atom. The smallest absolute Gasteiger partial charge is 0.173 e. The highest BCUT2D eigenvalue weighted by atomic mass is 32.1. The summed E-state index contributed by atoms with van der Waals surface area (Å²) in [5.41, 5.74) is 2.39. The van der Waals surface area contributed by atoms with E-state index in [2.05, 4.69) is 62.2 Å². The number of rotatable bonds is 2. The molecule has 0 aromatic heterocycles. The Kier molecular flexibility index (Phi) is 5.00. The molecule has 0 aliphatic carbocycles. The Balaban J connectivity index is 1.97. The summed E-state index contributed by atoms with van der Waals surface area (Å²) in [6.07, 6.45) is 0.448. The van der Waals surface area contributed by atoms with Crippen LogP contribution in [0.1, 0.15) is 39.2 Å². The van der Waals surface area contributed by atoms with Gasteiger partial charge in [0.15, 0.2) is 5.11 Å². The molecule has 20 heavy (non-hydrogen) atoms. The van der Waals surface area contributed by atoms with Gasteiger partial charge >= 0.3 is 0 Å². The van der Waals surface area contributed by atoms with E-state index in [9.17, 15) is 0 Å². The third-order valence-electron chi connectivity index (χ3n) is 3.54. The van der Waals surface area contributed by atoms with E-state index in [0.717, 1.165) is 23.9 Å². The van der Waals surface area contributed by atoms with Crippen LogP contribution in [0.2, 0.25) is 0 Å². The average Bonchev–Trinajstić information content (AvgIpc) is 2.38. The Bertz CT molecular complexity index is 448. The van der Waals surface area contributed by atoms with Crippen LogP contribution in [0.3, 0.4) is 0 Å². The molecule has 110 valence electrons. The predicted molar refractivity (Wildman–Crippen MR) is 88.3 cm³/mol. The van der Waals surface area contributed by atoms with Crippen LogP contribution in [0.25, 0.3) is 0 Å². The number of ether oxygens (including phenoxy) is 1. The maximum absolute atomic E-state index is 5.73. The van der Waals surface area contributed by atoms with Crippen LogP contribution in [0, 0.1) is 0 Å². The summed E-state index contributed by atoms with van der Waals surface area (Å²) >= 11 is 5.51. The minimum Gasteiger partial charge on any atom is -0.372 e. The summed E-state index contributed by atoms with van der Waals surface area (Å²) in [6, 6.07) is 8.49. The van der Waals surface area contributed by atoms with E-state index in [1.54, 1.807) is 0 Å². The molecule has 0 unspecified atom stereocenters. The Morgan fingerprint density at radius 3 is 2.25 bits per heavy atom. The van der Waals surface area contributed by atoms with Crippen LogP contribution >= 0.6 is 12.2 Å². The van der Waals surface area contributed by atoms with Crippen LogP contribution < -0.4 is 5.32 Å². The normalized spacial score (nSPS) is 22.9. The van der Waals surface area contributed by atoms with Crippen molar-refractivity contribution in [1.29, 1.82) is 0 Å². The molecule has 1 aliphatic rings. The lowest BCUT2D eigenvalue weighted by atomic mass is 10.0. The molecular formula is C16H24N2OS. The first-order valence-corrected chi connectivity index (χ1v) is 7.68. The van der Waals surface area contributed by atoms with Gasteiger partial charge in [0.2, 0.25) is 0 Å². The molecule has 0 bridgehead atoms. The van der Waals surface area contributed by atoms with Crippen LogP contribution in [-0.4, -0.2) is 35.3 Å². The number of anilines is 1. The van der Waals surface area contributed by atoms with E-state index in [0.29, 0.717) is 5.92 Å². The van der Waals surface area contributed by atoms with Gasteiger partial charge in [0, 0.05) is 18.8 Å². The van der Waals surface area contributed by atoms with Gasteiger partial charge < -0.3 is 15.0 Å². The molecule has 4 heteroatoms. The van der Waals surface area contributed by atoms with Gasteiger partial charge in [0.05, 0.1) is 12.2 Å². The number of nitrogens with zero attached hydrogens (tertiary/aromatic N) is 1. The third-order valence-corrected chi connectivity index (χ3v) is 3.90. The summed E-state index contributed by atoms with van der Waals surface area (Å²) < 4.78 is 5.73. The number of thiocarbonyl (C=S) groups is 1. The fourth-order valence-electron chi connectivity index (χ4n) is 2.50. The van der Waals surface area contributed by atoms with Crippen molar-refractivity contribution in [3.8, 4) is 0 Å². The molecule has 1 aromatic carbocycles. The largest absolute Gasteiger partial charge is 0.372 e. The fraction of sp³-hybridized carbons (Fsp3) is 0.562. The fourth-order valence-corrected chi connectivity index (χ4v) is 2.76. The molecule has 1 saturated heterocycles. The molecule has 2 rings (SSSR count). The van der Waals surface area contributed by atoms with Crippen molar-refractivity contribution >= 4 is 23.0 Å². The predicted octanol–water partition coefficient (Wildman–Crippen LogP) is 3.62. The van der Waals surface area contributed by atoms with Crippen molar-refractivity contribution in [2.75, 3.05) is 18.4 Å². The Labute approximate surface area is 127 Å². The number of hydrogen-bond acceptors (Lipinski definition) is 2. The van der Waals surface area contributed by atoms with Gasteiger partial charge in [-0.1, -0.05) is 26.0 Å². The Hall–Kier alpha value is -1.13. The molecule has 1 heterocycles. The number of benzene rings is 1. The van der Waals surface area contributed by atoms with Gasteiger partial charge in [0.25, 0.3) is 0 Å². The maximum atomic E-state index is 5.73. The van der Waals surface area contributed by atoms with E-state index >= 15 is 0 Å². The van der Waals surface area contributed by atoms with Crippen molar-refractivity contribution in [2.45, 2.75) is 45.8 Å². The minimum absolute atomic E-state index is 0.224. The van der Waals surface area contributed by atoms with Crippen LogP contribution in [0.5, 0.6) is 0 Å². The highest BCUT2D eigenvalue weighted by molar-refractivity contribution is 7.80. The zero-order chi connectivity index (χ0) is 14.7. The van der Waals surface area contributed by atoms with Crippen LogP contribution in [0.15, 0.2) is 24.3 Å². The van der Waals surface area contributed by atoms with Crippen molar-refractivity contribution in [3.63, 3.8) is 0 Å². The zero-order valence-electron chi connectivity index (χ0n) is 12.7. The standard InChI is InChI=1S/C16H24N2OS/c1-11(2)14-5-7-15(8-6-14)17-16(20)18-9-12(3)19-13(4)10-18/h5-8,11-13H,9-10H2,1-4H3,(H,17,20)/t12-,13+. The first-order valence-electron chi connectivity index (χ1n) is 7.27. The van der Waals surface area contributed by atoms with Crippen molar-refractivity contribution in [2.24, 2.45) is 0 Å². The molecular weight excluding hydrogens is 268 g/mol. The van der Waals surface area contributed by atoms with Crippen LogP contribution in [-0.2, 0) is 4.74 Å². The second kappa shape index (κ2) is 6.55. The van der Waals surface area contributed by atoms with Gasteiger partial charge in [-0.3, -0.25) is 0 Å². The van der Waals surface area contributed by atoms with Crippen molar-refractivity contribution in [3.05, 3.63) is 29.8 Å². The lowest BCUT2D eigenvalue weighted by Crippen LogP contribution is -2.49. The molecule has 1 N–H and O–H groups in total. The number of nitrogens with one attached hydrogen (secondary N) is 1. The molecule has 3 nitrogen and oxygen atoms in total. The van der Waals surface area contributed by atoms with Crippen molar-refractivity contribution in [1.82, 2.24) is 4.90 Å². The molecule has 1 fully saturated rings. The topological polar surface area (TPSA) is 24.5 Å². The molecule has 0 amide bonds. The number of morpholine rings is 1. The number of hydrogen-bond donors (Lipinski definition) is 1. The lowest BCUT2D eigenvalue weighted by molar-refractivity contribution is -0.0473. The summed E-state index contributed by atoms with van der Waals surface area (Å²) in [5.74, 6) is 0.553. The summed E-state index contributed by atoms with van der Waals surface area (Å²) in [7, 11) is 0. The minimum atomic E-state index is 0.224. The van der Waals surface area contributed by atoms with E-state index in [1.807, 2.05) is 0 Å². The summed E-state index contributed by atoms with van der Waals surface area (Å²) in [4.78, 5) is 2.19. The third kappa shape index (κ3) is 3.93. The molecule has 1 aliphatic heterocycles. The first kappa shape index (κ1) is 15.3. The summed E-state index contributed by atoms with van der Waals surface area (Å²) in [6.45, 7) is 10.3. The van der Waals surface area contributed by atoms with E-state index < -0.39 is 0 Å². The van der Waals surface area contributed by atoms with Crippen molar-refractivity contribution < 1.29 is 4.74 Å². The Morgan fingerprint density at radius 2 is 1.75 bits per heavy atom. The monoisotopic (exact) mass is 292 g/mol. The first-order chi connectivity index (χ1) is 9.45. The van der Waals surface area contributed by atoms with Gasteiger partial charge in [0.1, 0.15) is 0 Å². The molecule has 0 saturated carbocycles. The van der Waals surface area contributed by atoms with Crippen LogP contribution in [0.4, 0.5) is 5.69 Å². The van der Waals surface area contributed by atoms with Gasteiger partial charge in [-0.25, -0.2) is 0 Å². The second-order valence-corrected chi connectivity index (χ2v) is 6.26. The second-order valence-electron chi connectivity index (χ2n) is 5.87. The molecule has 2 atom stereocenters. The SMILES string of the molecule is CC(C)c1ccc(NC(=S)N2C[C@@H](C)O[C@@H](C)C2)cc1. The molecule has 0 spiro atoms. The average molecular weight is 292 g/mol. The highest BCUT2D eigenvalue weighted by Gasteiger charge is 2.23. The van der Waals surface area contributed by atoms with E-state index in [1.165, 1.54) is 5.56 Å². The van der Waals surface area contributed by atoms with Gasteiger partial charge in [-0.05, 0) is 49.7 Å². The lowest BCUT2D eigenvalue weighted by Gasteiger charge is -2.36.